The number of rotatable bonds is 1. The molecule has 3 N–H and O–H groups in total. The largest absolute Gasteiger partial charge is 0.397 e. The highest BCUT2D eigenvalue weighted by molar-refractivity contribution is 6.03. The molecule has 2 heterocycles. The number of anilines is 2. The number of benzene rings is 1. The van der Waals surface area contributed by atoms with Crippen LogP contribution >= 0.6 is 0 Å². The Morgan fingerprint density at radius 1 is 1.00 bits per heavy atom. The zero-order valence-electron chi connectivity index (χ0n) is 8.81. The zero-order chi connectivity index (χ0) is 11.8. The molecule has 5 heteroatoms. The molecule has 0 saturated heterocycles. The topological polar surface area (TPSA) is 63.8 Å². The fourth-order valence-corrected chi connectivity index (χ4v) is 1.86. The number of nitrogens with one attached hydrogen (secondary N) is 1. The Morgan fingerprint density at radius 3 is 2.35 bits per heavy atom. The van der Waals surface area contributed by atoms with Gasteiger partial charge >= 0.3 is 0 Å². The first-order valence-electron chi connectivity index (χ1n) is 5.08. The molecule has 4 nitrogen and oxygen atoms in total. The van der Waals surface area contributed by atoms with Crippen molar-refractivity contribution < 1.29 is 4.48 Å². The van der Waals surface area contributed by atoms with Crippen LogP contribution in [0.2, 0.25) is 0 Å². The van der Waals surface area contributed by atoms with Crippen LogP contribution in [0.1, 0.15) is 0 Å². The lowest BCUT2D eigenvalue weighted by Gasteiger charge is -2.04. The Labute approximate surface area is 96.2 Å². The fraction of sp³-hybridized carbons (Fsp3) is 0. The van der Waals surface area contributed by atoms with E-state index in [0.717, 1.165) is 21.8 Å². The third kappa shape index (κ3) is 1.52. The molecule has 0 aliphatic rings. The van der Waals surface area contributed by atoms with E-state index in [4.69, 9.17) is 5.73 Å². The average molecular weight is 228 g/mol. The summed E-state index contributed by atoms with van der Waals surface area (Å²) in [6.07, 6.45) is 3.02. The number of fused-ring (bicyclic) bond motifs is 3. The van der Waals surface area contributed by atoms with E-state index in [1.807, 2.05) is 18.2 Å². The standard InChI is InChI=1S/C12H9FN4/c13-17-10-4-8-2-1-7-3-9(14)5-15-11(7)12(8)16-6-10/h1-6,17H,14H2. The van der Waals surface area contributed by atoms with Crippen LogP contribution in [-0.4, -0.2) is 9.97 Å². The van der Waals surface area contributed by atoms with Crippen molar-refractivity contribution >= 4 is 33.2 Å². The lowest BCUT2D eigenvalue weighted by atomic mass is 10.1. The predicted molar refractivity (Wildman–Crippen MR) is 66.2 cm³/mol. The van der Waals surface area contributed by atoms with Crippen LogP contribution in [0.3, 0.4) is 0 Å². The second-order valence-electron chi connectivity index (χ2n) is 3.80. The lowest BCUT2D eigenvalue weighted by molar-refractivity contribution is 0.617. The molecule has 0 spiro atoms. The van der Waals surface area contributed by atoms with Crippen molar-refractivity contribution in [2.75, 3.05) is 11.3 Å². The Morgan fingerprint density at radius 2 is 1.65 bits per heavy atom. The number of nitrogens with two attached hydrogens (primary N) is 1. The molecule has 3 rings (SSSR count). The summed E-state index contributed by atoms with van der Waals surface area (Å²) in [4.78, 5) is 8.47. The number of aromatic nitrogens is 2. The Kier molecular flexibility index (Phi) is 2.04. The second kappa shape index (κ2) is 3.55. The molecule has 0 aliphatic heterocycles. The second-order valence-corrected chi connectivity index (χ2v) is 3.80. The lowest BCUT2D eigenvalue weighted by Crippen LogP contribution is -1.90. The average Bonchev–Trinajstić information content (AvgIpc) is 2.37. The third-order valence-corrected chi connectivity index (χ3v) is 2.63. The van der Waals surface area contributed by atoms with Gasteiger partial charge in [-0.2, -0.15) is 0 Å². The summed E-state index contributed by atoms with van der Waals surface area (Å²) in [6, 6.07) is 7.28. The smallest absolute Gasteiger partial charge is 0.0966 e. The molecule has 0 fully saturated rings. The van der Waals surface area contributed by atoms with E-state index in [1.54, 1.807) is 17.8 Å². The predicted octanol–water partition coefficient (Wildman–Crippen LogP) is 2.66. The minimum absolute atomic E-state index is 0.326. The van der Waals surface area contributed by atoms with E-state index in [9.17, 15) is 4.48 Å². The van der Waals surface area contributed by atoms with Crippen molar-refractivity contribution in [2.45, 2.75) is 0 Å². The minimum atomic E-state index is 0.326. The quantitative estimate of drug-likeness (QED) is 0.496. The molecule has 84 valence electrons. The molecular formula is C12H9FN4. The van der Waals surface area contributed by atoms with Crippen molar-refractivity contribution in [3.63, 3.8) is 0 Å². The van der Waals surface area contributed by atoms with Gasteiger partial charge in [-0.3, -0.25) is 9.97 Å². The molecule has 0 saturated carbocycles. The highest BCUT2D eigenvalue weighted by Crippen LogP contribution is 2.25. The van der Waals surface area contributed by atoms with Crippen LogP contribution in [0.25, 0.3) is 21.8 Å². The number of pyridine rings is 2. The van der Waals surface area contributed by atoms with Crippen molar-refractivity contribution in [1.82, 2.24) is 9.97 Å². The van der Waals surface area contributed by atoms with Crippen LogP contribution in [0, 0.1) is 0 Å². The number of nitrogens with zero attached hydrogens (tertiary/aromatic N) is 2. The number of halogens is 1. The van der Waals surface area contributed by atoms with Gasteiger partial charge in [0.05, 0.1) is 34.8 Å². The van der Waals surface area contributed by atoms with Gasteiger partial charge in [-0.1, -0.05) is 12.1 Å². The molecule has 0 radical (unpaired) electrons. The summed E-state index contributed by atoms with van der Waals surface area (Å²) in [5.41, 5.74) is 9.68. The van der Waals surface area contributed by atoms with E-state index in [0.29, 0.717) is 11.4 Å². The van der Waals surface area contributed by atoms with E-state index in [2.05, 4.69) is 9.97 Å². The molecule has 3 aromatic rings. The van der Waals surface area contributed by atoms with E-state index >= 15 is 0 Å². The summed E-state index contributed by atoms with van der Waals surface area (Å²) in [6.45, 7) is 0. The summed E-state index contributed by atoms with van der Waals surface area (Å²) >= 11 is 0. The van der Waals surface area contributed by atoms with Crippen LogP contribution in [0.4, 0.5) is 15.9 Å². The Bertz CT molecular complexity index is 711. The van der Waals surface area contributed by atoms with Gasteiger partial charge in [0.1, 0.15) is 0 Å². The van der Waals surface area contributed by atoms with Crippen molar-refractivity contribution in [1.29, 1.82) is 0 Å². The van der Waals surface area contributed by atoms with Gasteiger partial charge in [-0.25, -0.2) is 5.54 Å². The van der Waals surface area contributed by atoms with E-state index in [-0.39, 0.29) is 0 Å². The van der Waals surface area contributed by atoms with Crippen LogP contribution in [0.15, 0.2) is 36.7 Å². The summed E-state index contributed by atoms with van der Waals surface area (Å²) in [5.74, 6) is 0. The first-order valence-corrected chi connectivity index (χ1v) is 5.08. The van der Waals surface area contributed by atoms with Gasteiger partial charge < -0.3 is 5.73 Å². The first kappa shape index (κ1) is 9.77. The summed E-state index contributed by atoms with van der Waals surface area (Å²) < 4.78 is 12.3. The number of nitrogen functional groups attached to an aromatic ring is 1. The molecule has 0 amide bonds. The number of hydrogen-bond donors (Lipinski definition) is 2. The molecule has 2 aromatic heterocycles. The first-order chi connectivity index (χ1) is 8.28. The SMILES string of the molecule is Nc1cnc2c(ccc3cc(NF)cnc32)c1. The molecular weight excluding hydrogens is 219 g/mol. The molecule has 0 bridgehead atoms. The van der Waals surface area contributed by atoms with Gasteiger partial charge in [-0.15, -0.1) is 4.48 Å². The summed E-state index contributed by atoms with van der Waals surface area (Å²) in [5, 5.41) is 1.75. The van der Waals surface area contributed by atoms with Gasteiger partial charge in [0.25, 0.3) is 0 Å². The van der Waals surface area contributed by atoms with E-state index in [1.165, 1.54) is 6.20 Å². The Balaban J connectivity index is 2.40. The maximum Gasteiger partial charge on any atom is 0.0966 e. The van der Waals surface area contributed by atoms with E-state index < -0.39 is 0 Å². The van der Waals surface area contributed by atoms with Gasteiger partial charge in [0.15, 0.2) is 0 Å². The molecule has 17 heavy (non-hydrogen) atoms. The van der Waals surface area contributed by atoms with Crippen LogP contribution in [-0.2, 0) is 0 Å². The Hall–Kier alpha value is -2.43. The third-order valence-electron chi connectivity index (χ3n) is 2.63. The maximum atomic E-state index is 12.3. The number of hydrogen-bond acceptors (Lipinski definition) is 4. The zero-order valence-corrected chi connectivity index (χ0v) is 8.81. The van der Waals surface area contributed by atoms with Crippen LogP contribution < -0.4 is 11.3 Å². The van der Waals surface area contributed by atoms with Crippen molar-refractivity contribution in [3.8, 4) is 0 Å². The highest BCUT2D eigenvalue weighted by Gasteiger charge is 2.04. The van der Waals surface area contributed by atoms with Gasteiger partial charge in [-0.05, 0) is 12.1 Å². The molecule has 0 atom stereocenters. The van der Waals surface area contributed by atoms with Gasteiger partial charge in [0, 0.05) is 10.8 Å². The monoisotopic (exact) mass is 228 g/mol. The van der Waals surface area contributed by atoms with Gasteiger partial charge in [0.2, 0.25) is 0 Å². The maximum absolute atomic E-state index is 12.3. The summed E-state index contributed by atoms with van der Waals surface area (Å²) in [7, 11) is 0. The minimum Gasteiger partial charge on any atom is -0.397 e. The fourth-order valence-electron chi connectivity index (χ4n) is 1.86. The normalized spacial score (nSPS) is 10.9. The van der Waals surface area contributed by atoms with Crippen LogP contribution in [0.5, 0.6) is 0 Å². The highest BCUT2D eigenvalue weighted by atomic mass is 19.2. The molecule has 1 aromatic carbocycles. The van der Waals surface area contributed by atoms with Crippen molar-refractivity contribution in [3.05, 3.63) is 36.7 Å². The molecule has 0 unspecified atom stereocenters. The van der Waals surface area contributed by atoms with Crippen molar-refractivity contribution in [2.24, 2.45) is 0 Å². The molecule has 0 aliphatic carbocycles.